The molecule has 7 heteroatoms. The molecule has 250 valence electrons. The molecule has 3 heterocycles. The molecule has 9 rings (SSSR count). The van der Waals surface area contributed by atoms with Crippen molar-refractivity contribution in [2.24, 2.45) is 0 Å². The third-order valence-corrected chi connectivity index (χ3v) is 11.6. The molecule has 0 bridgehead atoms. The molecule has 0 saturated carbocycles. The van der Waals surface area contributed by atoms with E-state index in [-0.39, 0.29) is 36.2 Å². The fraction of sp³-hybridized carbons (Fsp3) is 0.256. The summed E-state index contributed by atoms with van der Waals surface area (Å²) in [6.07, 6.45) is 3.22. The van der Waals surface area contributed by atoms with Gasteiger partial charge in [-0.1, -0.05) is 109 Å². The lowest BCUT2D eigenvalue weighted by Crippen LogP contribution is -2.51. The van der Waals surface area contributed by atoms with Gasteiger partial charge in [-0.15, -0.1) is 0 Å². The Hall–Kier alpha value is -5.24. The summed E-state index contributed by atoms with van der Waals surface area (Å²) in [5, 5.41) is 37.8. The highest BCUT2D eigenvalue weighted by Gasteiger charge is 2.71. The van der Waals surface area contributed by atoms with Crippen LogP contribution >= 0.6 is 0 Å². The van der Waals surface area contributed by atoms with Gasteiger partial charge in [-0.3, -0.25) is 9.59 Å². The van der Waals surface area contributed by atoms with Crippen molar-refractivity contribution in [2.75, 3.05) is 0 Å². The molecule has 5 aliphatic rings. The van der Waals surface area contributed by atoms with E-state index in [1.54, 1.807) is 6.20 Å². The first-order valence-electron chi connectivity index (χ1n) is 17.4. The zero-order valence-corrected chi connectivity index (χ0v) is 27.5. The first kappa shape index (κ1) is 30.8. The van der Waals surface area contributed by atoms with Gasteiger partial charge in [0.2, 0.25) is 0 Å². The van der Waals surface area contributed by atoms with Crippen LogP contribution in [0.1, 0.15) is 58.2 Å². The molecule has 0 spiro atoms. The Morgan fingerprint density at radius 2 is 1.50 bits per heavy atom. The second-order valence-corrected chi connectivity index (χ2v) is 14.5. The maximum atomic E-state index is 14.7. The zero-order valence-electron chi connectivity index (χ0n) is 27.5. The zero-order chi connectivity index (χ0) is 34.2. The van der Waals surface area contributed by atoms with E-state index in [2.05, 4.69) is 5.32 Å². The lowest BCUT2D eigenvalue weighted by molar-refractivity contribution is -0.122. The number of rotatable bonds is 9. The van der Waals surface area contributed by atoms with E-state index in [9.17, 15) is 24.9 Å². The summed E-state index contributed by atoms with van der Waals surface area (Å²) in [7, 11) is 0. The standard InChI is InChI=1S/C43H38N2O5/c46-30(22-42(21-26-11-3-1-4-12-26)40(49)33(24-44-42)37-31-17-9-7-15-28(31)19-35(37)47)23-43-39(27-13-5-2-6-14-27)45(43)25-34(41(43)50)38-32-18-10-8-16-29(32)20-36(38)48/h1-18,24-25,30,35,37,39,44,46-48H,19-23H2/t30-,35+,37+,39?,42-,43+,45?/m0/s1. The van der Waals surface area contributed by atoms with Crippen LogP contribution in [0.3, 0.4) is 0 Å². The largest absolute Gasteiger partial charge is 0.511 e. The molecular formula is C43H38N2O5. The molecule has 1 fully saturated rings. The number of nitrogens with zero attached hydrogens (tertiary/aromatic N) is 1. The van der Waals surface area contributed by atoms with Gasteiger partial charge < -0.3 is 25.5 Å². The number of aliphatic hydroxyl groups is 3. The van der Waals surface area contributed by atoms with Crippen molar-refractivity contribution in [2.45, 2.75) is 67.3 Å². The molecule has 0 amide bonds. The van der Waals surface area contributed by atoms with Crippen molar-refractivity contribution in [3.05, 3.63) is 172 Å². The van der Waals surface area contributed by atoms with E-state index in [4.69, 9.17) is 0 Å². The van der Waals surface area contributed by atoms with Crippen molar-refractivity contribution in [3.63, 3.8) is 0 Å². The second kappa shape index (κ2) is 11.4. The number of nitrogens with one attached hydrogen (secondary N) is 1. The molecular weight excluding hydrogens is 624 g/mol. The molecule has 3 aliphatic heterocycles. The normalized spacial score (nSPS) is 28.2. The first-order chi connectivity index (χ1) is 24.3. The number of fused-ring (bicyclic) bond motifs is 3. The van der Waals surface area contributed by atoms with Crippen molar-refractivity contribution in [1.29, 1.82) is 0 Å². The van der Waals surface area contributed by atoms with E-state index in [0.29, 0.717) is 36.0 Å². The van der Waals surface area contributed by atoms with Crippen molar-refractivity contribution in [3.8, 4) is 0 Å². The van der Waals surface area contributed by atoms with Crippen LogP contribution in [0.15, 0.2) is 138 Å². The first-order valence-corrected chi connectivity index (χ1v) is 17.4. The fourth-order valence-electron chi connectivity index (χ4n) is 9.35. The summed E-state index contributed by atoms with van der Waals surface area (Å²) in [4.78, 5) is 31.4. The van der Waals surface area contributed by atoms with Crippen LogP contribution in [0.2, 0.25) is 0 Å². The number of hydrogen-bond donors (Lipinski definition) is 4. The van der Waals surface area contributed by atoms with Crippen LogP contribution in [0.4, 0.5) is 0 Å². The predicted octanol–water partition coefficient (Wildman–Crippen LogP) is 5.65. The van der Waals surface area contributed by atoms with Crippen LogP contribution in [-0.4, -0.2) is 55.1 Å². The molecule has 0 radical (unpaired) electrons. The molecule has 4 aromatic carbocycles. The van der Waals surface area contributed by atoms with Gasteiger partial charge in [0, 0.05) is 60.7 Å². The lowest BCUT2D eigenvalue weighted by atomic mass is 9.76. The summed E-state index contributed by atoms with van der Waals surface area (Å²) in [5.74, 6) is -0.549. The number of aliphatic hydroxyl groups excluding tert-OH is 3. The van der Waals surface area contributed by atoms with Crippen molar-refractivity contribution >= 4 is 17.1 Å². The topological polar surface area (TPSA) is 110 Å². The Kier molecular flexibility index (Phi) is 7.02. The molecule has 6 atom stereocenters. The fourth-order valence-corrected chi connectivity index (χ4v) is 9.35. The molecule has 7 nitrogen and oxygen atoms in total. The number of carbonyl (C=O) groups excluding carboxylic acids is 2. The van der Waals surface area contributed by atoms with E-state index >= 15 is 0 Å². The third kappa shape index (κ3) is 4.57. The van der Waals surface area contributed by atoms with Gasteiger partial charge in [0.1, 0.15) is 16.8 Å². The van der Waals surface area contributed by atoms with Crippen molar-refractivity contribution in [1.82, 2.24) is 10.2 Å². The van der Waals surface area contributed by atoms with Gasteiger partial charge in [0.05, 0.1) is 18.2 Å². The Labute approximate surface area is 290 Å². The Morgan fingerprint density at radius 3 is 2.28 bits per heavy atom. The van der Waals surface area contributed by atoms with Crippen LogP contribution < -0.4 is 5.32 Å². The number of benzene rings is 4. The van der Waals surface area contributed by atoms with Gasteiger partial charge in [-0.05, 0) is 39.8 Å². The number of hydrogen-bond acceptors (Lipinski definition) is 7. The molecule has 4 N–H and O–H groups in total. The number of allylic oxidation sites excluding steroid dienone is 2. The van der Waals surface area contributed by atoms with Crippen LogP contribution in [0, 0.1) is 0 Å². The Bertz CT molecular complexity index is 2140. The van der Waals surface area contributed by atoms with Gasteiger partial charge in [-0.25, -0.2) is 0 Å². The van der Waals surface area contributed by atoms with Gasteiger partial charge in [-0.2, -0.15) is 0 Å². The summed E-state index contributed by atoms with van der Waals surface area (Å²) >= 11 is 0. The minimum atomic E-state index is -1.17. The SMILES string of the molecule is O=C1C([C@H]2c3ccccc3C[C@H]2O)=CN[C@@]1(Cc1ccccc1)C[C@H](O)C[C@@]12C(=O)C(C3=C(O)Cc4ccccc43)=CN1C2c1ccccc1. The summed E-state index contributed by atoms with van der Waals surface area (Å²) in [6.45, 7) is 0. The van der Waals surface area contributed by atoms with Crippen LogP contribution in [0.5, 0.6) is 0 Å². The molecule has 2 aliphatic carbocycles. The van der Waals surface area contributed by atoms with E-state index in [0.717, 1.165) is 33.4 Å². The lowest BCUT2D eigenvalue weighted by Gasteiger charge is -2.33. The Balaban J connectivity index is 1.04. The monoisotopic (exact) mass is 662 g/mol. The summed E-state index contributed by atoms with van der Waals surface area (Å²) in [5.41, 5.74) is 5.06. The van der Waals surface area contributed by atoms with E-state index in [1.807, 2.05) is 120 Å². The highest BCUT2D eigenvalue weighted by Crippen LogP contribution is 2.63. The molecule has 0 aromatic heterocycles. The number of ketones is 2. The minimum Gasteiger partial charge on any atom is -0.511 e. The smallest absolute Gasteiger partial charge is 0.193 e. The maximum Gasteiger partial charge on any atom is 0.193 e. The quantitative estimate of drug-likeness (QED) is 0.172. The van der Waals surface area contributed by atoms with Crippen LogP contribution in [0.25, 0.3) is 5.57 Å². The average Bonchev–Trinajstić information content (AvgIpc) is 3.39. The number of carbonyl (C=O) groups is 2. The predicted molar refractivity (Wildman–Crippen MR) is 190 cm³/mol. The van der Waals surface area contributed by atoms with Gasteiger partial charge >= 0.3 is 0 Å². The molecule has 1 saturated heterocycles. The summed E-state index contributed by atoms with van der Waals surface area (Å²) < 4.78 is 0. The average molecular weight is 663 g/mol. The second-order valence-electron chi connectivity index (χ2n) is 14.5. The Morgan fingerprint density at radius 1 is 0.820 bits per heavy atom. The molecule has 4 aromatic rings. The van der Waals surface area contributed by atoms with Gasteiger partial charge in [0.15, 0.2) is 11.6 Å². The third-order valence-electron chi connectivity index (χ3n) is 11.6. The minimum absolute atomic E-state index is 0.0711. The van der Waals surface area contributed by atoms with E-state index < -0.39 is 29.2 Å². The van der Waals surface area contributed by atoms with Crippen LogP contribution in [-0.2, 0) is 28.9 Å². The van der Waals surface area contributed by atoms with E-state index in [1.165, 1.54) is 0 Å². The highest BCUT2D eigenvalue weighted by atomic mass is 16.3. The van der Waals surface area contributed by atoms with Gasteiger partial charge in [0.25, 0.3) is 0 Å². The number of Topliss-reactive ketones (excluding diaryl/α,β-unsaturated/α-hetero) is 2. The summed E-state index contributed by atoms with van der Waals surface area (Å²) in [6, 6.07) is 34.9. The molecule has 50 heavy (non-hydrogen) atoms. The molecule has 1 unspecified atom stereocenters. The van der Waals surface area contributed by atoms with Crippen molar-refractivity contribution < 1.29 is 24.9 Å². The maximum absolute atomic E-state index is 14.7. The highest BCUT2D eigenvalue weighted by molar-refractivity contribution is 6.20.